The van der Waals surface area contributed by atoms with Gasteiger partial charge in [-0.05, 0) is 38.3 Å². The van der Waals surface area contributed by atoms with Crippen LogP contribution in [0.4, 0.5) is 0 Å². The number of amides is 1. The summed E-state index contributed by atoms with van der Waals surface area (Å²) in [5.74, 6) is 0.171. The first-order valence-electron chi connectivity index (χ1n) is 8.43. The van der Waals surface area contributed by atoms with Gasteiger partial charge < -0.3 is 5.32 Å². The molecule has 1 N–H and O–H groups in total. The van der Waals surface area contributed by atoms with E-state index in [0.717, 1.165) is 22.6 Å². The highest BCUT2D eigenvalue weighted by Crippen LogP contribution is 2.22. The Labute approximate surface area is 148 Å². The van der Waals surface area contributed by atoms with E-state index in [-0.39, 0.29) is 29.8 Å². The maximum absolute atomic E-state index is 12.1. The van der Waals surface area contributed by atoms with E-state index in [1.54, 1.807) is 0 Å². The van der Waals surface area contributed by atoms with Crippen LogP contribution in [0.5, 0.6) is 0 Å². The lowest BCUT2D eigenvalue weighted by Gasteiger charge is -2.09. The Hall–Kier alpha value is -2.15. The predicted octanol–water partition coefficient (Wildman–Crippen LogP) is 1.93. The summed E-state index contributed by atoms with van der Waals surface area (Å²) in [6.07, 6.45) is 0.851. The first-order valence-corrected chi connectivity index (χ1v) is 10.3. The van der Waals surface area contributed by atoms with Gasteiger partial charge in [0.15, 0.2) is 9.84 Å². The van der Waals surface area contributed by atoms with E-state index in [2.05, 4.69) is 10.4 Å². The van der Waals surface area contributed by atoms with Crippen LogP contribution in [0.2, 0.25) is 0 Å². The van der Waals surface area contributed by atoms with Crippen LogP contribution in [0, 0.1) is 19.8 Å². The maximum Gasteiger partial charge on any atom is 0.220 e. The molecule has 0 bridgehead atoms. The zero-order valence-electron chi connectivity index (χ0n) is 14.5. The summed E-state index contributed by atoms with van der Waals surface area (Å²) in [6, 6.07) is 9.86. The second-order valence-electron chi connectivity index (χ2n) is 6.65. The van der Waals surface area contributed by atoms with Crippen LogP contribution in [0.1, 0.15) is 29.8 Å². The third kappa shape index (κ3) is 4.10. The topological polar surface area (TPSA) is 81.1 Å². The predicted molar refractivity (Wildman–Crippen MR) is 96.3 cm³/mol. The fourth-order valence-corrected chi connectivity index (χ4v) is 5.17. The van der Waals surface area contributed by atoms with Crippen LogP contribution in [-0.4, -0.2) is 35.6 Å². The summed E-state index contributed by atoms with van der Waals surface area (Å²) >= 11 is 0. The quantitative estimate of drug-likeness (QED) is 0.882. The van der Waals surface area contributed by atoms with E-state index in [1.807, 2.05) is 48.9 Å². The van der Waals surface area contributed by atoms with Crippen LogP contribution in [0.15, 0.2) is 30.3 Å². The molecule has 0 unspecified atom stereocenters. The zero-order valence-corrected chi connectivity index (χ0v) is 15.3. The summed E-state index contributed by atoms with van der Waals surface area (Å²) in [6.45, 7) is 4.32. The molecule has 134 valence electrons. The molecule has 2 heterocycles. The number of nitrogens with one attached hydrogen (secondary N) is 1. The van der Waals surface area contributed by atoms with Gasteiger partial charge in [0.05, 0.1) is 22.9 Å². The molecule has 1 fully saturated rings. The molecule has 1 atom stereocenters. The molecule has 7 heteroatoms. The molecule has 0 saturated carbocycles. The summed E-state index contributed by atoms with van der Waals surface area (Å²) in [5.41, 5.74) is 3.85. The number of benzene rings is 1. The van der Waals surface area contributed by atoms with Crippen LogP contribution < -0.4 is 5.32 Å². The zero-order chi connectivity index (χ0) is 18.0. The number of hydrogen-bond acceptors (Lipinski definition) is 4. The van der Waals surface area contributed by atoms with E-state index in [0.29, 0.717) is 13.0 Å². The molecule has 2 aromatic rings. The summed E-state index contributed by atoms with van der Waals surface area (Å²) in [7, 11) is -2.94. The number of carbonyl (C=O) groups excluding carboxylic acids is 1. The lowest BCUT2D eigenvalue weighted by molar-refractivity contribution is -0.122. The molecule has 0 radical (unpaired) electrons. The third-order valence-electron chi connectivity index (χ3n) is 4.71. The van der Waals surface area contributed by atoms with Crippen molar-refractivity contribution < 1.29 is 13.2 Å². The van der Waals surface area contributed by atoms with Crippen molar-refractivity contribution in [1.29, 1.82) is 0 Å². The average Bonchev–Trinajstić information content (AvgIpc) is 3.05. The van der Waals surface area contributed by atoms with Gasteiger partial charge in [-0.2, -0.15) is 5.10 Å². The van der Waals surface area contributed by atoms with E-state index < -0.39 is 9.84 Å². The van der Waals surface area contributed by atoms with Crippen molar-refractivity contribution in [2.75, 3.05) is 11.5 Å². The Kier molecular flexibility index (Phi) is 4.94. The number of hydrogen-bond donors (Lipinski definition) is 1. The first kappa shape index (κ1) is 17.7. The van der Waals surface area contributed by atoms with Gasteiger partial charge in [0, 0.05) is 24.2 Å². The normalized spacial score (nSPS) is 19.0. The Morgan fingerprint density at radius 3 is 2.64 bits per heavy atom. The van der Waals surface area contributed by atoms with E-state index in [9.17, 15) is 13.2 Å². The van der Waals surface area contributed by atoms with Crippen LogP contribution in [0.25, 0.3) is 5.69 Å². The van der Waals surface area contributed by atoms with Crippen molar-refractivity contribution in [2.45, 2.75) is 33.2 Å². The number of aromatic nitrogens is 2. The maximum atomic E-state index is 12.1. The van der Waals surface area contributed by atoms with Crippen LogP contribution in [-0.2, 0) is 21.2 Å². The van der Waals surface area contributed by atoms with Crippen LogP contribution >= 0.6 is 0 Å². The van der Waals surface area contributed by atoms with Crippen molar-refractivity contribution in [2.24, 2.45) is 5.92 Å². The lowest BCUT2D eigenvalue weighted by Crippen LogP contribution is -2.26. The summed E-state index contributed by atoms with van der Waals surface area (Å²) in [4.78, 5) is 12.1. The van der Waals surface area contributed by atoms with Crippen molar-refractivity contribution in [1.82, 2.24) is 15.1 Å². The lowest BCUT2D eigenvalue weighted by atomic mass is 10.0. The molecule has 25 heavy (non-hydrogen) atoms. The second kappa shape index (κ2) is 7.00. The van der Waals surface area contributed by atoms with Gasteiger partial charge in [0.2, 0.25) is 5.91 Å². The average molecular weight is 361 g/mol. The number of nitrogens with zero attached hydrogens (tertiary/aromatic N) is 2. The molecule has 1 saturated heterocycles. The molecule has 6 nitrogen and oxygen atoms in total. The van der Waals surface area contributed by atoms with E-state index in [1.165, 1.54) is 0 Å². The molecule has 1 aromatic heterocycles. The molecule has 0 aliphatic carbocycles. The highest BCUT2D eigenvalue weighted by Gasteiger charge is 2.29. The van der Waals surface area contributed by atoms with Gasteiger partial charge in [-0.1, -0.05) is 18.2 Å². The largest absolute Gasteiger partial charge is 0.352 e. The molecule has 1 aliphatic rings. The molecule has 1 amide bonds. The Bertz CT molecular complexity index is 872. The Morgan fingerprint density at radius 1 is 1.28 bits per heavy atom. The van der Waals surface area contributed by atoms with Crippen molar-refractivity contribution in [3.8, 4) is 5.69 Å². The van der Waals surface area contributed by atoms with Gasteiger partial charge >= 0.3 is 0 Å². The summed E-state index contributed by atoms with van der Waals surface area (Å²) < 4.78 is 24.8. The molecule has 3 rings (SSSR count). The Balaban J connectivity index is 1.64. The molecule has 1 aromatic carbocycles. The number of rotatable bonds is 5. The van der Waals surface area contributed by atoms with E-state index >= 15 is 0 Å². The highest BCUT2D eigenvalue weighted by atomic mass is 32.2. The molecule has 0 spiro atoms. The fourth-order valence-electron chi connectivity index (χ4n) is 3.31. The van der Waals surface area contributed by atoms with Gasteiger partial charge in [-0.15, -0.1) is 0 Å². The number of carbonyl (C=O) groups is 1. The third-order valence-corrected chi connectivity index (χ3v) is 6.54. The van der Waals surface area contributed by atoms with Crippen LogP contribution in [0.3, 0.4) is 0 Å². The smallest absolute Gasteiger partial charge is 0.220 e. The monoisotopic (exact) mass is 361 g/mol. The Morgan fingerprint density at radius 2 is 2.00 bits per heavy atom. The SMILES string of the molecule is Cc1nn(-c2ccccc2)c(C)c1CNC(=O)C[C@@H]1CCS(=O)(=O)C1. The van der Waals surface area contributed by atoms with Gasteiger partial charge in [-0.3, -0.25) is 4.79 Å². The van der Waals surface area contributed by atoms with E-state index in [4.69, 9.17) is 0 Å². The molecular weight excluding hydrogens is 338 g/mol. The standard InChI is InChI=1S/C18H23N3O3S/c1-13-17(14(2)21(20-13)16-6-4-3-5-7-16)11-19-18(22)10-15-8-9-25(23,24)12-15/h3-7,15H,8-12H2,1-2H3,(H,19,22)/t15-/m0/s1. The minimum Gasteiger partial charge on any atom is -0.352 e. The van der Waals surface area contributed by atoms with Gasteiger partial charge in [0.25, 0.3) is 0 Å². The minimum absolute atomic E-state index is 0.0563. The van der Waals surface area contributed by atoms with Crippen molar-refractivity contribution >= 4 is 15.7 Å². The molecule has 1 aliphatic heterocycles. The highest BCUT2D eigenvalue weighted by molar-refractivity contribution is 7.91. The van der Waals surface area contributed by atoms with Gasteiger partial charge in [0.1, 0.15) is 0 Å². The van der Waals surface area contributed by atoms with Crippen molar-refractivity contribution in [3.63, 3.8) is 0 Å². The molecular formula is C18H23N3O3S. The number of aryl methyl sites for hydroxylation is 1. The minimum atomic E-state index is -2.94. The fraction of sp³-hybridized carbons (Fsp3) is 0.444. The van der Waals surface area contributed by atoms with Crippen molar-refractivity contribution in [3.05, 3.63) is 47.3 Å². The number of para-hydroxylation sites is 1. The number of sulfone groups is 1. The second-order valence-corrected chi connectivity index (χ2v) is 8.88. The van der Waals surface area contributed by atoms with Gasteiger partial charge in [-0.25, -0.2) is 13.1 Å². The first-order chi connectivity index (χ1) is 11.9. The summed E-state index contributed by atoms with van der Waals surface area (Å²) in [5, 5.41) is 7.48.